The molecule has 2 aliphatic rings. The minimum Gasteiger partial charge on any atom is -0.482 e. The molecule has 1 saturated heterocycles. The van der Waals surface area contributed by atoms with Crippen LogP contribution in [0.4, 0.5) is 5.69 Å². The Labute approximate surface area is 162 Å². The number of rotatable bonds is 6. The second-order valence-electron chi connectivity index (χ2n) is 6.17. The van der Waals surface area contributed by atoms with E-state index in [0.717, 1.165) is 4.31 Å². The van der Waals surface area contributed by atoms with Gasteiger partial charge in [-0.05, 0) is 18.9 Å². The highest BCUT2D eigenvalue weighted by molar-refractivity contribution is 7.89. The van der Waals surface area contributed by atoms with Gasteiger partial charge in [0.05, 0.1) is 17.3 Å². The minimum absolute atomic E-state index is 0.0509. The maximum Gasteiger partial charge on any atom is 0.262 e. The molecule has 0 aromatic heterocycles. The van der Waals surface area contributed by atoms with Crippen molar-refractivity contribution in [3.8, 4) is 5.75 Å². The Morgan fingerprint density at radius 2 is 2.26 bits per heavy atom. The van der Waals surface area contributed by atoms with Gasteiger partial charge in [-0.2, -0.15) is 4.31 Å². The van der Waals surface area contributed by atoms with Gasteiger partial charge in [-0.25, -0.2) is 8.42 Å². The maximum atomic E-state index is 13.1. The molecule has 3 rings (SSSR count). The molecule has 0 unspecified atom stereocenters. The summed E-state index contributed by atoms with van der Waals surface area (Å²) in [6, 6.07) is 1.81. The molecule has 1 atom stereocenters. The number of carbonyl (C=O) groups excluding carboxylic acids is 2. The van der Waals surface area contributed by atoms with Crippen LogP contribution in [0.1, 0.15) is 12.8 Å². The van der Waals surface area contributed by atoms with E-state index in [1.807, 2.05) is 0 Å². The van der Waals surface area contributed by atoms with Crippen molar-refractivity contribution in [2.45, 2.75) is 23.8 Å². The molecule has 2 N–H and O–H groups in total. The van der Waals surface area contributed by atoms with Gasteiger partial charge in [-0.1, -0.05) is 11.6 Å². The second kappa shape index (κ2) is 8.01. The predicted molar refractivity (Wildman–Crippen MR) is 97.4 cm³/mol. The van der Waals surface area contributed by atoms with E-state index < -0.39 is 16.1 Å². The van der Waals surface area contributed by atoms with Crippen LogP contribution >= 0.6 is 11.6 Å². The number of halogens is 1. The molecule has 2 aliphatic heterocycles. The van der Waals surface area contributed by atoms with Crippen LogP contribution in [-0.4, -0.2) is 64.0 Å². The summed E-state index contributed by atoms with van der Waals surface area (Å²) in [6.45, 7) is 0.649. The normalized spacial score (nSPS) is 19.9. The molecule has 2 amide bonds. The lowest BCUT2D eigenvalue weighted by Gasteiger charge is -2.25. The Morgan fingerprint density at radius 1 is 1.48 bits per heavy atom. The van der Waals surface area contributed by atoms with Crippen molar-refractivity contribution in [3.05, 3.63) is 17.2 Å². The van der Waals surface area contributed by atoms with Crippen LogP contribution in [0, 0.1) is 0 Å². The average Bonchev–Trinajstić information content (AvgIpc) is 3.11. The number of sulfonamides is 1. The zero-order valence-electron chi connectivity index (χ0n) is 14.7. The Kier molecular flexibility index (Phi) is 5.89. The van der Waals surface area contributed by atoms with E-state index in [4.69, 9.17) is 21.1 Å². The van der Waals surface area contributed by atoms with Crippen LogP contribution in [0.25, 0.3) is 0 Å². The number of hydrogen-bond donors (Lipinski definition) is 2. The zero-order valence-corrected chi connectivity index (χ0v) is 16.2. The Hall–Kier alpha value is -1.88. The van der Waals surface area contributed by atoms with Crippen LogP contribution in [0.15, 0.2) is 17.0 Å². The van der Waals surface area contributed by atoms with Crippen LogP contribution in [-0.2, 0) is 24.3 Å². The molecule has 1 fully saturated rings. The highest BCUT2D eigenvalue weighted by Gasteiger charge is 2.40. The van der Waals surface area contributed by atoms with Gasteiger partial charge >= 0.3 is 0 Å². The molecule has 27 heavy (non-hydrogen) atoms. The summed E-state index contributed by atoms with van der Waals surface area (Å²) in [6.07, 6.45) is 0.990. The molecule has 2 heterocycles. The lowest BCUT2D eigenvalue weighted by atomic mass is 10.2. The van der Waals surface area contributed by atoms with Gasteiger partial charge in [0.1, 0.15) is 16.7 Å². The molecule has 0 saturated carbocycles. The number of nitrogens with one attached hydrogen (secondary N) is 2. The van der Waals surface area contributed by atoms with Crippen molar-refractivity contribution in [2.24, 2.45) is 0 Å². The third kappa shape index (κ3) is 4.03. The molecule has 0 spiro atoms. The molecule has 0 radical (unpaired) electrons. The third-order valence-electron chi connectivity index (χ3n) is 4.37. The lowest BCUT2D eigenvalue weighted by molar-refractivity contribution is -0.124. The van der Waals surface area contributed by atoms with Gasteiger partial charge < -0.3 is 20.1 Å². The number of fused-ring (bicyclic) bond motifs is 1. The summed E-state index contributed by atoms with van der Waals surface area (Å²) in [5.74, 6) is -0.495. The first-order valence-corrected chi connectivity index (χ1v) is 10.2. The van der Waals surface area contributed by atoms with Crippen LogP contribution in [0.5, 0.6) is 5.75 Å². The summed E-state index contributed by atoms with van der Waals surface area (Å²) in [5, 5.41) is 5.19. The highest BCUT2D eigenvalue weighted by Crippen LogP contribution is 2.38. The maximum absolute atomic E-state index is 13.1. The molecular formula is C16H20ClN3O6S. The first-order chi connectivity index (χ1) is 12.8. The van der Waals surface area contributed by atoms with E-state index in [-0.39, 0.29) is 40.6 Å². The van der Waals surface area contributed by atoms with Crippen molar-refractivity contribution in [1.29, 1.82) is 0 Å². The molecule has 0 bridgehead atoms. The van der Waals surface area contributed by atoms with E-state index in [1.54, 1.807) is 0 Å². The summed E-state index contributed by atoms with van der Waals surface area (Å²) < 4.78 is 37.6. The lowest BCUT2D eigenvalue weighted by Crippen LogP contribution is -2.46. The number of methoxy groups -OCH3 is 1. The van der Waals surface area contributed by atoms with Crippen LogP contribution in [0.2, 0.25) is 5.02 Å². The largest absolute Gasteiger partial charge is 0.482 e. The fourth-order valence-electron chi connectivity index (χ4n) is 3.09. The molecule has 9 nitrogen and oxygen atoms in total. The van der Waals surface area contributed by atoms with Gasteiger partial charge in [0.15, 0.2) is 6.61 Å². The highest BCUT2D eigenvalue weighted by atomic mass is 35.5. The van der Waals surface area contributed by atoms with Gasteiger partial charge in [0.2, 0.25) is 15.9 Å². The Morgan fingerprint density at radius 3 is 3.00 bits per heavy atom. The topological polar surface area (TPSA) is 114 Å². The van der Waals surface area contributed by atoms with E-state index in [0.29, 0.717) is 31.7 Å². The first kappa shape index (κ1) is 19.9. The van der Waals surface area contributed by atoms with Gasteiger partial charge in [-0.3, -0.25) is 9.59 Å². The standard InChI is InChI=1S/C16H20ClN3O6S/c1-25-6-4-18-16(22)12-3-2-5-20(12)27(23,24)14-8-13-11(7-10(14)17)19-15(21)9-26-13/h7-8,12H,2-6,9H2,1H3,(H,18,22)(H,19,21)/t12-/m1/s1. The number of benzene rings is 1. The predicted octanol–water partition coefficient (Wildman–Crippen LogP) is 0.587. The second-order valence-corrected chi connectivity index (χ2v) is 8.44. The quantitative estimate of drug-likeness (QED) is 0.655. The minimum atomic E-state index is -4.02. The van der Waals surface area contributed by atoms with Gasteiger partial charge in [0, 0.05) is 26.3 Å². The Bertz CT molecular complexity index is 860. The number of hydrogen-bond acceptors (Lipinski definition) is 6. The molecule has 0 aliphatic carbocycles. The average molecular weight is 418 g/mol. The Balaban J connectivity index is 1.87. The number of nitrogens with zero attached hydrogens (tertiary/aromatic N) is 1. The van der Waals surface area contributed by atoms with Crippen molar-refractivity contribution in [1.82, 2.24) is 9.62 Å². The van der Waals surface area contributed by atoms with Crippen molar-refractivity contribution >= 4 is 39.1 Å². The third-order valence-corrected chi connectivity index (χ3v) is 6.74. The van der Waals surface area contributed by atoms with Crippen molar-refractivity contribution in [2.75, 3.05) is 38.7 Å². The molecule has 1 aromatic carbocycles. The smallest absolute Gasteiger partial charge is 0.262 e. The number of ether oxygens (including phenoxy) is 2. The summed E-state index contributed by atoms with van der Waals surface area (Å²) in [4.78, 5) is 23.6. The zero-order chi connectivity index (χ0) is 19.6. The van der Waals surface area contributed by atoms with Crippen LogP contribution < -0.4 is 15.4 Å². The number of amides is 2. The number of carbonyl (C=O) groups is 2. The number of anilines is 1. The summed E-state index contributed by atoms with van der Waals surface area (Å²) in [5.41, 5.74) is 0.311. The van der Waals surface area contributed by atoms with E-state index in [2.05, 4.69) is 10.6 Å². The summed E-state index contributed by atoms with van der Waals surface area (Å²) in [7, 11) is -2.51. The molecule has 1 aromatic rings. The van der Waals surface area contributed by atoms with E-state index in [9.17, 15) is 18.0 Å². The van der Waals surface area contributed by atoms with Gasteiger partial charge in [-0.15, -0.1) is 0 Å². The molecule has 11 heteroatoms. The fraction of sp³-hybridized carbons (Fsp3) is 0.500. The van der Waals surface area contributed by atoms with Crippen molar-refractivity contribution in [3.63, 3.8) is 0 Å². The monoisotopic (exact) mass is 417 g/mol. The fourth-order valence-corrected chi connectivity index (χ4v) is 5.27. The van der Waals surface area contributed by atoms with Crippen molar-refractivity contribution < 1.29 is 27.5 Å². The first-order valence-electron chi connectivity index (χ1n) is 8.39. The molecule has 148 valence electrons. The van der Waals surface area contributed by atoms with E-state index >= 15 is 0 Å². The molecular weight excluding hydrogens is 398 g/mol. The van der Waals surface area contributed by atoms with Gasteiger partial charge in [0.25, 0.3) is 5.91 Å². The SMILES string of the molecule is COCCNC(=O)[C@H]1CCCN1S(=O)(=O)c1cc2c(cc1Cl)NC(=O)CO2. The summed E-state index contributed by atoms with van der Waals surface area (Å²) >= 11 is 6.17. The van der Waals surface area contributed by atoms with Crippen LogP contribution in [0.3, 0.4) is 0 Å². The van der Waals surface area contributed by atoms with E-state index in [1.165, 1.54) is 19.2 Å².